The Morgan fingerprint density at radius 3 is 2.07 bits per heavy atom. The summed E-state index contributed by atoms with van der Waals surface area (Å²) in [7, 11) is -3.71. The van der Waals surface area contributed by atoms with E-state index in [0.717, 1.165) is 18.4 Å². The van der Waals surface area contributed by atoms with E-state index < -0.39 is 10.0 Å². The fourth-order valence-corrected chi connectivity index (χ4v) is 4.57. The minimum Gasteiger partial charge on any atom is -0.326 e. The number of benzene rings is 3. The zero-order chi connectivity index (χ0) is 21.4. The quantitative estimate of drug-likeness (QED) is 0.525. The molecule has 0 aromatic heterocycles. The van der Waals surface area contributed by atoms with Crippen LogP contribution in [0, 0.1) is 0 Å². The lowest BCUT2D eigenvalue weighted by Gasteiger charge is -2.19. The fraction of sp³-hybridized carbons (Fsp3) is 0.208. The van der Waals surface area contributed by atoms with Crippen LogP contribution in [0.4, 0.5) is 5.69 Å². The third-order valence-corrected chi connectivity index (χ3v) is 6.27. The van der Waals surface area contributed by atoms with Crippen LogP contribution in [0.15, 0.2) is 89.8 Å². The van der Waals surface area contributed by atoms with E-state index in [0.29, 0.717) is 12.1 Å². The highest BCUT2D eigenvalue weighted by atomic mass is 32.2. The molecule has 30 heavy (non-hydrogen) atoms. The standard InChI is InChI=1S/C24H26N2O3S/c1-19(27)25-22-15-17-23(18-16-22)30(28,29)26-24(21-12-6-3-7-13-21)14-8-11-20-9-4-2-5-10-20/h2-7,9-10,12-13,15-18,24,26H,8,11,14H2,1H3,(H,25,27). The second-order valence-electron chi connectivity index (χ2n) is 7.17. The molecule has 0 spiro atoms. The third-order valence-electron chi connectivity index (χ3n) is 4.79. The van der Waals surface area contributed by atoms with Crippen molar-refractivity contribution < 1.29 is 13.2 Å². The molecular weight excluding hydrogens is 396 g/mol. The van der Waals surface area contributed by atoms with Crippen LogP contribution < -0.4 is 10.0 Å². The Bertz CT molecular complexity index is 1050. The first-order chi connectivity index (χ1) is 14.4. The van der Waals surface area contributed by atoms with Crippen LogP contribution in [0.3, 0.4) is 0 Å². The monoisotopic (exact) mass is 422 g/mol. The van der Waals surface area contributed by atoms with Crippen molar-refractivity contribution in [3.63, 3.8) is 0 Å². The number of nitrogens with one attached hydrogen (secondary N) is 2. The maximum absolute atomic E-state index is 13.0. The van der Waals surface area contributed by atoms with Gasteiger partial charge in [0, 0.05) is 18.7 Å². The Labute approximate surface area is 178 Å². The summed E-state index contributed by atoms with van der Waals surface area (Å²) in [6, 6.07) is 25.6. The van der Waals surface area contributed by atoms with E-state index in [1.54, 1.807) is 12.1 Å². The van der Waals surface area contributed by atoms with E-state index >= 15 is 0 Å². The number of anilines is 1. The van der Waals surface area contributed by atoms with Crippen LogP contribution in [-0.2, 0) is 21.2 Å². The summed E-state index contributed by atoms with van der Waals surface area (Å²) < 4.78 is 28.8. The highest BCUT2D eigenvalue weighted by molar-refractivity contribution is 7.89. The normalized spacial score (nSPS) is 12.3. The Kier molecular flexibility index (Phi) is 7.38. The number of hydrogen-bond donors (Lipinski definition) is 2. The van der Waals surface area contributed by atoms with E-state index in [-0.39, 0.29) is 16.8 Å². The number of carbonyl (C=O) groups is 1. The van der Waals surface area contributed by atoms with Crippen LogP contribution in [0.25, 0.3) is 0 Å². The number of hydrogen-bond acceptors (Lipinski definition) is 3. The van der Waals surface area contributed by atoms with Gasteiger partial charge < -0.3 is 5.32 Å². The van der Waals surface area contributed by atoms with Gasteiger partial charge in [-0.05, 0) is 54.7 Å². The van der Waals surface area contributed by atoms with Crippen molar-refractivity contribution in [1.82, 2.24) is 4.72 Å². The Balaban J connectivity index is 1.73. The molecule has 0 bridgehead atoms. The largest absolute Gasteiger partial charge is 0.326 e. The van der Waals surface area contributed by atoms with Gasteiger partial charge in [-0.1, -0.05) is 60.7 Å². The number of amides is 1. The van der Waals surface area contributed by atoms with Crippen LogP contribution >= 0.6 is 0 Å². The van der Waals surface area contributed by atoms with Crippen LogP contribution in [-0.4, -0.2) is 14.3 Å². The predicted octanol–water partition coefficient (Wildman–Crippen LogP) is 4.69. The molecule has 1 atom stereocenters. The average molecular weight is 423 g/mol. The molecule has 0 radical (unpaired) electrons. The summed E-state index contributed by atoms with van der Waals surface area (Å²) in [5.74, 6) is -0.203. The molecule has 3 aromatic carbocycles. The lowest BCUT2D eigenvalue weighted by atomic mass is 10.00. The van der Waals surface area contributed by atoms with Crippen molar-refractivity contribution >= 4 is 21.6 Å². The van der Waals surface area contributed by atoms with Gasteiger partial charge in [0.05, 0.1) is 4.90 Å². The average Bonchev–Trinajstić information content (AvgIpc) is 2.74. The molecule has 0 aliphatic heterocycles. The molecule has 0 saturated carbocycles. The SMILES string of the molecule is CC(=O)Nc1ccc(S(=O)(=O)NC(CCCc2ccccc2)c2ccccc2)cc1. The van der Waals surface area contributed by atoms with Crippen LogP contribution in [0.2, 0.25) is 0 Å². The van der Waals surface area contributed by atoms with Crippen molar-refractivity contribution in [2.24, 2.45) is 0 Å². The van der Waals surface area contributed by atoms with Gasteiger partial charge in [0.2, 0.25) is 15.9 Å². The topological polar surface area (TPSA) is 75.3 Å². The summed E-state index contributed by atoms with van der Waals surface area (Å²) in [5.41, 5.74) is 2.73. The molecule has 1 amide bonds. The van der Waals surface area contributed by atoms with Crippen molar-refractivity contribution in [2.45, 2.75) is 37.1 Å². The second-order valence-corrected chi connectivity index (χ2v) is 8.88. The number of rotatable bonds is 9. The van der Waals surface area contributed by atoms with Crippen molar-refractivity contribution in [3.05, 3.63) is 96.1 Å². The Morgan fingerprint density at radius 1 is 0.867 bits per heavy atom. The summed E-state index contributed by atoms with van der Waals surface area (Å²) in [6.45, 7) is 1.41. The second kappa shape index (κ2) is 10.2. The van der Waals surface area contributed by atoms with Gasteiger partial charge in [-0.25, -0.2) is 13.1 Å². The predicted molar refractivity (Wildman–Crippen MR) is 120 cm³/mol. The molecule has 0 aliphatic carbocycles. The van der Waals surface area contributed by atoms with E-state index in [9.17, 15) is 13.2 Å². The van der Waals surface area contributed by atoms with Gasteiger partial charge >= 0.3 is 0 Å². The van der Waals surface area contributed by atoms with Gasteiger partial charge in [-0.15, -0.1) is 0 Å². The minimum atomic E-state index is -3.71. The first-order valence-electron chi connectivity index (χ1n) is 9.93. The fourth-order valence-electron chi connectivity index (χ4n) is 3.31. The zero-order valence-electron chi connectivity index (χ0n) is 16.9. The molecule has 0 aliphatic rings. The third kappa shape index (κ3) is 6.27. The van der Waals surface area contributed by atoms with Crippen LogP contribution in [0.5, 0.6) is 0 Å². The first kappa shape index (κ1) is 21.7. The summed E-state index contributed by atoms with van der Waals surface area (Å²) in [6.07, 6.45) is 2.42. The number of carbonyl (C=O) groups excluding carboxylic acids is 1. The van der Waals surface area contributed by atoms with Gasteiger partial charge in [0.25, 0.3) is 0 Å². The number of sulfonamides is 1. The Hall–Kier alpha value is -2.96. The molecule has 0 fully saturated rings. The van der Waals surface area contributed by atoms with E-state index in [1.165, 1.54) is 24.6 Å². The maximum Gasteiger partial charge on any atom is 0.241 e. The maximum atomic E-state index is 13.0. The highest BCUT2D eigenvalue weighted by Crippen LogP contribution is 2.23. The highest BCUT2D eigenvalue weighted by Gasteiger charge is 2.21. The molecule has 3 rings (SSSR count). The van der Waals surface area contributed by atoms with Crippen LogP contribution in [0.1, 0.15) is 36.9 Å². The summed E-state index contributed by atoms with van der Waals surface area (Å²) in [5, 5.41) is 2.64. The van der Waals surface area contributed by atoms with Crippen molar-refractivity contribution in [1.29, 1.82) is 0 Å². The lowest BCUT2D eigenvalue weighted by Crippen LogP contribution is -2.29. The van der Waals surface area contributed by atoms with Gasteiger partial charge in [0.1, 0.15) is 0 Å². The smallest absolute Gasteiger partial charge is 0.241 e. The summed E-state index contributed by atoms with van der Waals surface area (Å²) >= 11 is 0. The van der Waals surface area contributed by atoms with E-state index in [1.807, 2.05) is 48.5 Å². The molecule has 0 heterocycles. The van der Waals surface area contributed by atoms with E-state index in [4.69, 9.17) is 0 Å². The van der Waals surface area contributed by atoms with Crippen molar-refractivity contribution in [3.8, 4) is 0 Å². The first-order valence-corrected chi connectivity index (χ1v) is 11.4. The van der Waals surface area contributed by atoms with Gasteiger partial charge in [-0.3, -0.25) is 4.79 Å². The summed E-state index contributed by atoms with van der Waals surface area (Å²) in [4.78, 5) is 11.3. The molecule has 0 saturated heterocycles. The molecule has 156 valence electrons. The van der Waals surface area contributed by atoms with Gasteiger partial charge in [-0.2, -0.15) is 0 Å². The van der Waals surface area contributed by atoms with E-state index in [2.05, 4.69) is 22.2 Å². The molecular formula is C24H26N2O3S. The zero-order valence-corrected chi connectivity index (χ0v) is 17.7. The minimum absolute atomic E-state index is 0.167. The van der Waals surface area contributed by atoms with Gasteiger partial charge in [0.15, 0.2) is 0 Å². The van der Waals surface area contributed by atoms with Crippen molar-refractivity contribution in [2.75, 3.05) is 5.32 Å². The lowest BCUT2D eigenvalue weighted by molar-refractivity contribution is -0.114. The molecule has 5 nitrogen and oxygen atoms in total. The molecule has 2 N–H and O–H groups in total. The molecule has 3 aromatic rings. The number of aryl methyl sites for hydroxylation is 1. The molecule has 6 heteroatoms. The Morgan fingerprint density at radius 2 is 1.47 bits per heavy atom. The molecule has 1 unspecified atom stereocenters.